The summed E-state index contributed by atoms with van der Waals surface area (Å²) >= 11 is 0. The molecule has 2 heterocycles. The maximum absolute atomic E-state index is 12.3. The first-order valence-electron chi connectivity index (χ1n) is 9.41. The summed E-state index contributed by atoms with van der Waals surface area (Å²) in [7, 11) is 0. The summed E-state index contributed by atoms with van der Waals surface area (Å²) in [6, 6.07) is 0.0672. The highest BCUT2D eigenvalue weighted by atomic mass is 16.6. The summed E-state index contributed by atoms with van der Waals surface area (Å²) < 4.78 is 10.6. The van der Waals surface area contributed by atoms with E-state index in [-0.39, 0.29) is 36.9 Å². The number of hydrogen-bond donors (Lipinski definition) is 2. The molecular formula is C18H31N3O5. The molecule has 2 rings (SSSR count). The SMILES string of the molecule is CC(C)(C)OC(=O)NCCC(=O)NC1CCN(C(=O)C2CCCO2)CC1. The molecule has 0 aliphatic carbocycles. The Hall–Kier alpha value is -1.83. The number of amides is 3. The van der Waals surface area contributed by atoms with Crippen molar-refractivity contribution in [2.45, 2.75) is 70.6 Å². The smallest absolute Gasteiger partial charge is 0.407 e. The predicted octanol–water partition coefficient (Wildman–Crippen LogP) is 1.19. The van der Waals surface area contributed by atoms with Gasteiger partial charge in [0, 0.05) is 38.7 Å². The van der Waals surface area contributed by atoms with Crippen molar-refractivity contribution in [1.82, 2.24) is 15.5 Å². The largest absolute Gasteiger partial charge is 0.444 e. The molecule has 2 N–H and O–H groups in total. The highest BCUT2D eigenvalue weighted by Gasteiger charge is 2.31. The summed E-state index contributed by atoms with van der Waals surface area (Å²) in [5, 5.41) is 5.54. The Labute approximate surface area is 155 Å². The third-order valence-electron chi connectivity index (χ3n) is 4.40. The topological polar surface area (TPSA) is 97.0 Å². The van der Waals surface area contributed by atoms with Gasteiger partial charge in [0.15, 0.2) is 0 Å². The van der Waals surface area contributed by atoms with Crippen LogP contribution in [-0.4, -0.2) is 66.8 Å². The number of hydrogen-bond acceptors (Lipinski definition) is 5. The molecule has 0 aromatic heterocycles. The van der Waals surface area contributed by atoms with Crippen molar-refractivity contribution in [3.8, 4) is 0 Å². The number of nitrogens with zero attached hydrogens (tertiary/aromatic N) is 1. The molecule has 8 heteroatoms. The molecule has 148 valence electrons. The van der Waals surface area contributed by atoms with Gasteiger partial charge in [-0.3, -0.25) is 9.59 Å². The van der Waals surface area contributed by atoms with Gasteiger partial charge in [0.05, 0.1) is 0 Å². The lowest BCUT2D eigenvalue weighted by Crippen LogP contribution is -2.49. The van der Waals surface area contributed by atoms with E-state index in [4.69, 9.17) is 9.47 Å². The van der Waals surface area contributed by atoms with Crippen LogP contribution in [0.3, 0.4) is 0 Å². The number of piperidine rings is 1. The first-order chi connectivity index (χ1) is 12.2. The van der Waals surface area contributed by atoms with Gasteiger partial charge in [-0.05, 0) is 46.5 Å². The van der Waals surface area contributed by atoms with Crippen LogP contribution in [0.1, 0.15) is 52.9 Å². The average molecular weight is 369 g/mol. The summed E-state index contributed by atoms with van der Waals surface area (Å²) in [5.41, 5.74) is -0.554. The molecule has 1 atom stereocenters. The average Bonchev–Trinajstić information content (AvgIpc) is 3.07. The highest BCUT2D eigenvalue weighted by molar-refractivity contribution is 5.81. The molecular weight excluding hydrogens is 338 g/mol. The van der Waals surface area contributed by atoms with E-state index in [0.29, 0.717) is 19.7 Å². The van der Waals surface area contributed by atoms with Gasteiger partial charge in [0.2, 0.25) is 5.91 Å². The van der Waals surface area contributed by atoms with E-state index in [2.05, 4.69) is 10.6 Å². The molecule has 0 aromatic carbocycles. The van der Waals surface area contributed by atoms with Crippen molar-refractivity contribution >= 4 is 17.9 Å². The van der Waals surface area contributed by atoms with Gasteiger partial charge in [-0.2, -0.15) is 0 Å². The van der Waals surface area contributed by atoms with Crippen LogP contribution in [0.2, 0.25) is 0 Å². The standard InChI is InChI=1S/C18H31N3O5/c1-18(2,3)26-17(24)19-9-6-15(22)20-13-7-10-21(11-8-13)16(23)14-5-4-12-25-14/h13-14H,4-12H2,1-3H3,(H,19,24)(H,20,22). The highest BCUT2D eigenvalue weighted by Crippen LogP contribution is 2.18. The van der Waals surface area contributed by atoms with E-state index in [1.807, 2.05) is 4.90 Å². The Balaban J connectivity index is 1.60. The van der Waals surface area contributed by atoms with E-state index >= 15 is 0 Å². The second-order valence-electron chi connectivity index (χ2n) is 7.85. The van der Waals surface area contributed by atoms with Crippen molar-refractivity contribution in [3.05, 3.63) is 0 Å². The van der Waals surface area contributed by atoms with Crippen LogP contribution in [0.15, 0.2) is 0 Å². The zero-order chi connectivity index (χ0) is 19.2. The number of rotatable bonds is 5. The monoisotopic (exact) mass is 369 g/mol. The molecule has 8 nitrogen and oxygen atoms in total. The molecule has 0 radical (unpaired) electrons. The normalized spacial score (nSPS) is 21.3. The Bertz CT molecular complexity index is 503. The van der Waals surface area contributed by atoms with Crippen LogP contribution in [-0.2, 0) is 19.1 Å². The van der Waals surface area contributed by atoms with Gasteiger partial charge in [-0.1, -0.05) is 0 Å². The molecule has 0 saturated carbocycles. The Morgan fingerprint density at radius 1 is 1.15 bits per heavy atom. The molecule has 2 saturated heterocycles. The minimum atomic E-state index is -0.554. The summed E-state index contributed by atoms with van der Waals surface area (Å²) in [4.78, 5) is 37.7. The molecule has 1 unspecified atom stereocenters. The van der Waals surface area contributed by atoms with E-state index in [9.17, 15) is 14.4 Å². The second-order valence-corrected chi connectivity index (χ2v) is 7.85. The third kappa shape index (κ3) is 6.82. The van der Waals surface area contributed by atoms with E-state index in [1.165, 1.54) is 0 Å². The van der Waals surface area contributed by atoms with Crippen molar-refractivity contribution in [1.29, 1.82) is 0 Å². The first kappa shape index (κ1) is 20.5. The molecule has 2 fully saturated rings. The quantitative estimate of drug-likeness (QED) is 0.759. The van der Waals surface area contributed by atoms with Crippen LogP contribution in [0.25, 0.3) is 0 Å². The van der Waals surface area contributed by atoms with E-state index in [1.54, 1.807) is 20.8 Å². The fraction of sp³-hybridized carbons (Fsp3) is 0.833. The lowest BCUT2D eigenvalue weighted by atomic mass is 10.0. The van der Waals surface area contributed by atoms with Gasteiger partial charge in [-0.15, -0.1) is 0 Å². The fourth-order valence-electron chi connectivity index (χ4n) is 3.11. The third-order valence-corrected chi connectivity index (χ3v) is 4.40. The van der Waals surface area contributed by atoms with Crippen LogP contribution >= 0.6 is 0 Å². The van der Waals surface area contributed by atoms with E-state index in [0.717, 1.165) is 25.7 Å². The zero-order valence-corrected chi connectivity index (χ0v) is 16.0. The van der Waals surface area contributed by atoms with Gasteiger partial charge in [0.1, 0.15) is 11.7 Å². The summed E-state index contributed by atoms with van der Waals surface area (Å²) in [6.07, 6.45) is 2.63. The van der Waals surface area contributed by atoms with Crippen molar-refractivity contribution in [2.24, 2.45) is 0 Å². The fourth-order valence-corrected chi connectivity index (χ4v) is 3.11. The number of ether oxygens (including phenoxy) is 2. The van der Waals surface area contributed by atoms with Gasteiger partial charge in [0.25, 0.3) is 5.91 Å². The molecule has 26 heavy (non-hydrogen) atoms. The maximum Gasteiger partial charge on any atom is 0.407 e. The maximum atomic E-state index is 12.3. The van der Waals surface area contributed by atoms with Crippen LogP contribution < -0.4 is 10.6 Å². The number of carbonyl (C=O) groups excluding carboxylic acids is 3. The van der Waals surface area contributed by atoms with E-state index < -0.39 is 11.7 Å². The van der Waals surface area contributed by atoms with Crippen LogP contribution in [0.4, 0.5) is 4.79 Å². The molecule has 0 aromatic rings. The second kappa shape index (κ2) is 9.21. The lowest BCUT2D eigenvalue weighted by molar-refractivity contribution is -0.142. The minimum Gasteiger partial charge on any atom is -0.444 e. The Morgan fingerprint density at radius 2 is 1.85 bits per heavy atom. The Kier molecular flexibility index (Phi) is 7.25. The lowest BCUT2D eigenvalue weighted by Gasteiger charge is -2.33. The number of carbonyl (C=O) groups is 3. The van der Waals surface area contributed by atoms with Gasteiger partial charge in [-0.25, -0.2) is 4.79 Å². The number of alkyl carbamates (subject to hydrolysis) is 1. The Morgan fingerprint density at radius 3 is 2.42 bits per heavy atom. The molecule has 2 aliphatic heterocycles. The van der Waals surface area contributed by atoms with Crippen molar-refractivity contribution < 1.29 is 23.9 Å². The summed E-state index contributed by atoms with van der Waals surface area (Å²) in [6.45, 7) is 7.54. The number of likely N-dealkylation sites (tertiary alicyclic amines) is 1. The van der Waals surface area contributed by atoms with Crippen molar-refractivity contribution in [3.63, 3.8) is 0 Å². The number of nitrogens with one attached hydrogen (secondary N) is 2. The minimum absolute atomic E-state index is 0.0672. The zero-order valence-electron chi connectivity index (χ0n) is 16.0. The summed E-state index contributed by atoms with van der Waals surface area (Å²) in [5.74, 6) is -0.0289. The predicted molar refractivity (Wildman–Crippen MR) is 95.6 cm³/mol. The first-order valence-corrected chi connectivity index (χ1v) is 9.41. The van der Waals surface area contributed by atoms with Crippen LogP contribution in [0, 0.1) is 0 Å². The molecule has 0 spiro atoms. The molecule has 3 amide bonds. The molecule has 2 aliphatic rings. The van der Waals surface area contributed by atoms with Gasteiger partial charge < -0.3 is 25.0 Å². The van der Waals surface area contributed by atoms with Crippen LogP contribution in [0.5, 0.6) is 0 Å². The molecule has 0 bridgehead atoms. The van der Waals surface area contributed by atoms with Crippen molar-refractivity contribution in [2.75, 3.05) is 26.2 Å². The van der Waals surface area contributed by atoms with Gasteiger partial charge >= 0.3 is 6.09 Å².